The summed E-state index contributed by atoms with van der Waals surface area (Å²) in [6, 6.07) is 11.1. The fourth-order valence-corrected chi connectivity index (χ4v) is 3.58. The molecule has 3 rings (SSSR count). The van der Waals surface area contributed by atoms with Crippen LogP contribution in [-0.2, 0) is 0 Å². The monoisotopic (exact) mass is 296 g/mol. The largest absolute Gasteiger partial charge is 0.306 e. The molecule has 21 heavy (non-hydrogen) atoms. The van der Waals surface area contributed by atoms with Gasteiger partial charge in [0.25, 0.3) is 0 Å². The molecule has 0 aliphatic carbocycles. The molecule has 2 aromatic heterocycles. The highest BCUT2D eigenvalue weighted by Crippen LogP contribution is 2.29. The Kier molecular flexibility index (Phi) is 4.04. The van der Waals surface area contributed by atoms with Crippen molar-refractivity contribution >= 4 is 22.2 Å². The van der Waals surface area contributed by atoms with Gasteiger partial charge in [0.2, 0.25) is 0 Å². The highest BCUT2D eigenvalue weighted by molar-refractivity contribution is 7.08. The maximum absolute atomic E-state index is 4.58. The Bertz CT molecular complexity index is 761. The van der Waals surface area contributed by atoms with Gasteiger partial charge in [-0.1, -0.05) is 19.1 Å². The minimum absolute atomic E-state index is 0.256. The molecule has 0 spiro atoms. The van der Waals surface area contributed by atoms with Gasteiger partial charge in [0.05, 0.1) is 11.6 Å². The summed E-state index contributed by atoms with van der Waals surface area (Å²) >= 11 is 1.77. The van der Waals surface area contributed by atoms with Crippen LogP contribution in [0.1, 0.15) is 35.3 Å². The lowest BCUT2D eigenvalue weighted by Crippen LogP contribution is -2.22. The molecule has 0 aliphatic heterocycles. The van der Waals surface area contributed by atoms with Crippen molar-refractivity contribution in [2.24, 2.45) is 0 Å². The van der Waals surface area contributed by atoms with Gasteiger partial charge in [-0.3, -0.25) is 4.98 Å². The van der Waals surface area contributed by atoms with Gasteiger partial charge in [-0.2, -0.15) is 11.3 Å². The number of hydrogen-bond acceptors (Lipinski definition) is 3. The molecular formula is C18H20N2S. The van der Waals surface area contributed by atoms with Crippen LogP contribution in [0.4, 0.5) is 0 Å². The van der Waals surface area contributed by atoms with E-state index in [4.69, 9.17) is 0 Å². The van der Waals surface area contributed by atoms with E-state index in [1.165, 1.54) is 22.1 Å². The fourth-order valence-electron chi connectivity index (χ4n) is 2.70. The first-order chi connectivity index (χ1) is 10.2. The molecule has 0 fully saturated rings. The summed E-state index contributed by atoms with van der Waals surface area (Å²) in [6.45, 7) is 7.32. The van der Waals surface area contributed by atoms with Crippen LogP contribution in [0.5, 0.6) is 0 Å². The smallest absolute Gasteiger partial charge is 0.0705 e. The summed E-state index contributed by atoms with van der Waals surface area (Å²) in [7, 11) is 0. The average molecular weight is 296 g/mol. The number of rotatable bonds is 4. The summed E-state index contributed by atoms with van der Waals surface area (Å²) in [5.41, 5.74) is 6.16. The number of benzene rings is 1. The summed E-state index contributed by atoms with van der Waals surface area (Å²) in [6.07, 6.45) is 0. The van der Waals surface area contributed by atoms with Gasteiger partial charge in [0.1, 0.15) is 0 Å². The Balaban J connectivity index is 2.07. The highest BCUT2D eigenvalue weighted by Gasteiger charge is 2.16. The molecule has 1 unspecified atom stereocenters. The first-order valence-corrected chi connectivity index (χ1v) is 8.26. The molecule has 0 bridgehead atoms. The quantitative estimate of drug-likeness (QED) is 0.760. The second-order valence-corrected chi connectivity index (χ2v) is 6.15. The van der Waals surface area contributed by atoms with Crippen molar-refractivity contribution in [3.05, 3.63) is 63.5 Å². The maximum Gasteiger partial charge on any atom is 0.0705 e. The normalized spacial score (nSPS) is 12.7. The standard InChI is InChI=1S/C18H20N2S/c1-4-19-18(16-11-21-10-12(16)2)15-7-8-17-14(9-15)6-5-13(3)20-17/h5-11,18-19H,4H2,1-3H3. The number of aryl methyl sites for hydroxylation is 2. The van der Waals surface area contributed by atoms with Crippen molar-refractivity contribution in [3.63, 3.8) is 0 Å². The number of pyridine rings is 1. The minimum atomic E-state index is 0.256. The molecule has 0 radical (unpaired) electrons. The van der Waals surface area contributed by atoms with Crippen LogP contribution in [-0.4, -0.2) is 11.5 Å². The summed E-state index contributed by atoms with van der Waals surface area (Å²) < 4.78 is 0. The van der Waals surface area contributed by atoms with E-state index in [0.717, 1.165) is 17.8 Å². The Morgan fingerprint density at radius 3 is 2.71 bits per heavy atom. The molecule has 0 saturated carbocycles. The molecule has 0 saturated heterocycles. The predicted molar refractivity (Wildman–Crippen MR) is 91.1 cm³/mol. The van der Waals surface area contributed by atoms with Gasteiger partial charge in [-0.05, 0) is 66.0 Å². The summed E-state index contributed by atoms with van der Waals surface area (Å²) in [5, 5.41) is 9.27. The van der Waals surface area contributed by atoms with Crippen LogP contribution in [0.3, 0.4) is 0 Å². The number of nitrogens with zero attached hydrogens (tertiary/aromatic N) is 1. The first-order valence-electron chi connectivity index (χ1n) is 7.32. The summed E-state index contributed by atoms with van der Waals surface area (Å²) in [5.74, 6) is 0. The number of nitrogens with one attached hydrogen (secondary N) is 1. The van der Waals surface area contributed by atoms with E-state index in [0.29, 0.717) is 0 Å². The third kappa shape index (κ3) is 2.85. The second kappa shape index (κ2) is 5.96. The van der Waals surface area contributed by atoms with Crippen LogP contribution in [0.2, 0.25) is 0 Å². The van der Waals surface area contributed by atoms with E-state index in [1.54, 1.807) is 11.3 Å². The zero-order chi connectivity index (χ0) is 14.8. The molecule has 0 aliphatic rings. The van der Waals surface area contributed by atoms with Crippen LogP contribution in [0.15, 0.2) is 41.1 Å². The van der Waals surface area contributed by atoms with E-state index in [-0.39, 0.29) is 6.04 Å². The van der Waals surface area contributed by atoms with Crippen LogP contribution in [0, 0.1) is 13.8 Å². The van der Waals surface area contributed by atoms with E-state index in [1.807, 2.05) is 6.92 Å². The first kappa shape index (κ1) is 14.2. The van der Waals surface area contributed by atoms with E-state index < -0.39 is 0 Å². The third-order valence-electron chi connectivity index (χ3n) is 3.80. The van der Waals surface area contributed by atoms with Crippen LogP contribution < -0.4 is 5.32 Å². The molecule has 1 N–H and O–H groups in total. The molecule has 2 nitrogen and oxygen atoms in total. The van der Waals surface area contributed by atoms with Gasteiger partial charge in [0.15, 0.2) is 0 Å². The molecule has 2 heterocycles. The van der Waals surface area contributed by atoms with Crippen molar-refractivity contribution in [2.75, 3.05) is 6.54 Å². The summed E-state index contributed by atoms with van der Waals surface area (Å²) in [4.78, 5) is 4.58. The van der Waals surface area contributed by atoms with Gasteiger partial charge in [-0.15, -0.1) is 0 Å². The van der Waals surface area contributed by atoms with Gasteiger partial charge >= 0.3 is 0 Å². The van der Waals surface area contributed by atoms with E-state index in [2.05, 4.69) is 65.2 Å². The van der Waals surface area contributed by atoms with E-state index in [9.17, 15) is 0 Å². The molecular weight excluding hydrogens is 276 g/mol. The zero-order valence-corrected chi connectivity index (χ0v) is 13.5. The molecule has 1 aromatic carbocycles. The predicted octanol–water partition coefficient (Wildman–Crippen LogP) is 4.61. The van der Waals surface area contributed by atoms with Crippen molar-refractivity contribution in [1.82, 2.24) is 10.3 Å². The van der Waals surface area contributed by atoms with Crippen molar-refractivity contribution < 1.29 is 0 Å². The molecule has 3 aromatic rings. The molecule has 1 atom stereocenters. The second-order valence-electron chi connectivity index (χ2n) is 5.41. The topological polar surface area (TPSA) is 24.9 Å². The van der Waals surface area contributed by atoms with Crippen molar-refractivity contribution in [1.29, 1.82) is 0 Å². The highest BCUT2D eigenvalue weighted by atomic mass is 32.1. The fraction of sp³-hybridized carbons (Fsp3) is 0.278. The molecule has 3 heteroatoms. The Hall–Kier alpha value is -1.71. The van der Waals surface area contributed by atoms with Crippen molar-refractivity contribution in [3.8, 4) is 0 Å². The Labute approximate surface area is 129 Å². The molecule has 108 valence electrons. The Morgan fingerprint density at radius 2 is 2.00 bits per heavy atom. The van der Waals surface area contributed by atoms with Crippen LogP contribution >= 0.6 is 11.3 Å². The third-order valence-corrected chi connectivity index (χ3v) is 4.68. The van der Waals surface area contributed by atoms with E-state index >= 15 is 0 Å². The number of hydrogen-bond donors (Lipinski definition) is 1. The Morgan fingerprint density at radius 1 is 1.14 bits per heavy atom. The lowest BCUT2D eigenvalue weighted by molar-refractivity contribution is 0.630. The van der Waals surface area contributed by atoms with Gasteiger partial charge in [-0.25, -0.2) is 0 Å². The average Bonchev–Trinajstić information content (AvgIpc) is 2.90. The molecule has 0 amide bonds. The lowest BCUT2D eigenvalue weighted by Gasteiger charge is -2.19. The van der Waals surface area contributed by atoms with Gasteiger partial charge in [0, 0.05) is 11.1 Å². The minimum Gasteiger partial charge on any atom is -0.306 e. The number of thiophene rings is 1. The maximum atomic E-state index is 4.58. The van der Waals surface area contributed by atoms with Crippen molar-refractivity contribution in [2.45, 2.75) is 26.8 Å². The zero-order valence-electron chi connectivity index (χ0n) is 12.7. The number of fused-ring (bicyclic) bond motifs is 1. The number of aromatic nitrogens is 1. The lowest BCUT2D eigenvalue weighted by atomic mass is 9.97. The van der Waals surface area contributed by atoms with Crippen LogP contribution in [0.25, 0.3) is 10.9 Å². The van der Waals surface area contributed by atoms with Gasteiger partial charge < -0.3 is 5.32 Å². The SMILES string of the molecule is CCNC(c1ccc2nc(C)ccc2c1)c1cscc1C.